The fourth-order valence-electron chi connectivity index (χ4n) is 0.534. The van der Waals surface area contributed by atoms with Gasteiger partial charge < -0.3 is 0 Å². The zero-order chi connectivity index (χ0) is 9.61. The van der Waals surface area contributed by atoms with Crippen LogP contribution in [0.4, 0.5) is 0 Å². The van der Waals surface area contributed by atoms with E-state index in [4.69, 9.17) is 0 Å². The molecule has 0 N–H and O–H groups in total. The van der Waals surface area contributed by atoms with Crippen molar-refractivity contribution in [2.24, 2.45) is 0 Å². The molecule has 0 aliphatic heterocycles. The summed E-state index contributed by atoms with van der Waals surface area (Å²) in [6, 6.07) is 10.3. The Morgan fingerprint density at radius 1 is 1.08 bits per heavy atom. The second-order valence-corrected chi connectivity index (χ2v) is 14.8. The number of halogens is 2. The quantitative estimate of drug-likeness (QED) is 0.487. The molecule has 0 saturated heterocycles. The third-order valence-corrected chi connectivity index (χ3v) is 0.940. The maximum Gasteiger partial charge on any atom is 0.255 e. The van der Waals surface area contributed by atoms with E-state index in [1.54, 1.807) is 0 Å². The molecule has 2 nitrogen and oxygen atoms in total. The van der Waals surface area contributed by atoms with E-state index < -0.39 is 4.18 Å². The normalized spacial score (nSPS) is 9.92. The molecule has 0 saturated carbocycles. The van der Waals surface area contributed by atoms with Crippen LogP contribution < -0.4 is 0 Å². The van der Waals surface area contributed by atoms with Gasteiger partial charge in [-0.2, -0.15) is 0 Å². The average molecular weight is 410 g/mol. The summed E-state index contributed by atoms with van der Waals surface area (Å²) in [5.41, 5.74) is 1.32. The van der Waals surface area contributed by atoms with Gasteiger partial charge in [0.15, 0.2) is 0 Å². The number of rotatable bonds is 0. The Balaban J connectivity index is 0.000000217. The zero-order valence-electron chi connectivity index (χ0n) is 6.37. The van der Waals surface area contributed by atoms with Crippen molar-refractivity contribution in [3.8, 4) is 0 Å². The third-order valence-electron chi connectivity index (χ3n) is 0.940. The van der Waals surface area contributed by atoms with Gasteiger partial charge in [-0.05, 0) is 6.92 Å². The van der Waals surface area contributed by atoms with Gasteiger partial charge in [0.1, 0.15) is 0 Å². The molecule has 0 atom stereocenters. The van der Waals surface area contributed by atoms with Crippen LogP contribution in [-0.2, 0) is 4.18 Å². The molecule has 12 heavy (non-hydrogen) atoms. The summed E-state index contributed by atoms with van der Waals surface area (Å²) in [5, 5.41) is 0. The van der Waals surface area contributed by atoms with E-state index in [2.05, 4.69) is 19.1 Å². The highest BCUT2D eigenvalue weighted by molar-refractivity contribution is 14.3. The van der Waals surface area contributed by atoms with Crippen LogP contribution >= 0.6 is 42.4 Å². The second-order valence-electron chi connectivity index (χ2n) is 2.03. The molecule has 0 aromatic heterocycles. The highest BCUT2D eigenvalue weighted by atomic mass is 127. The molecule has 0 spiro atoms. The molecule has 5 heteroatoms. The van der Waals surface area contributed by atoms with Gasteiger partial charge in [0.25, 0.3) is 4.18 Å². The van der Waals surface area contributed by atoms with Crippen LogP contribution in [0.15, 0.2) is 30.3 Å². The maximum atomic E-state index is 9.61. The van der Waals surface area contributed by atoms with Crippen LogP contribution in [0.25, 0.3) is 0 Å². The fourth-order valence-corrected chi connectivity index (χ4v) is 0.534. The molecular weight excluding hydrogens is 402 g/mol. The van der Waals surface area contributed by atoms with Crippen molar-refractivity contribution < 1.29 is 8.42 Å². The number of hydrogen-bond donors (Lipinski definition) is 0. The molecule has 0 unspecified atom stereocenters. The van der Waals surface area contributed by atoms with Crippen molar-refractivity contribution in [1.82, 2.24) is 0 Å². The van der Waals surface area contributed by atoms with Crippen LogP contribution in [0.5, 0.6) is 0 Å². The standard InChI is InChI=1S/C7H8.I2O2S/c1-7-5-3-2-4-6-7;1-5(2,3)4/h2-6H,1H3;. The van der Waals surface area contributed by atoms with E-state index in [1.807, 2.05) is 18.2 Å². The molecule has 0 fully saturated rings. The zero-order valence-corrected chi connectivity index (χ0v) is 11.5. The van der Waals surface area contributed by atoms with E-state index in [0.29, 0.717) is 0 Å². The number of hydrogen-bond acceptors (Lipinski definition) is 2. The third kappa shape index (κ3) is 13.2. The van der Waals surface area contributed by atoms with Gasteiger partial charge in [-0.25, -0.2) is 8.42 Å². The Labute approximate surface area is 96.8 Å². The Kier molecular flexibility index (Phi) is 6.46. The molecule has 0 aliphatic rings. The van der Waals surface area contributed by atoms with Crippen molar-refractivity contribution >= 4 is 46.6 Å². The van der Waals surface area contributed by atoms with Gasteiger partial charge in [-0.3, -0.25) is 0 Å². The lowest BCUT2D eigenvalue weighted by molar-refractivity contribution is 0.627. The van der Waals surface area contributed by atoms with Crippen molar-refractivity contribution in [2.45, 2.75) is 6.92 Å². The van der Waals surface area contributed by atoms with E-state index >= 15 is 0 Å². The predicted octanol–water partition coefficient (Wildman–Crippen LogP) is 3.10. The van der Waals surface area contributed by atoms with Gasteiger partial charge >= 0.3 is 0 Å². The van der Waals surface area contributed by atoms with Gasteiger partial charge in [0.05, 0.1) is 42.4 Å². The van der Waals surface area contributed by atoms with Crippen molar-refractivity contribution in [3.05, 3.63) is 35.9 Å². The van der Waals surface area contributed by atoms with Gasteiger partial charge in [-0.15, -0.1) is 0 Å². The summed E-state index contributed by atoms with van der Waals surface area (Å²) in [6.45, 7) is 2.08. The Morgan fingerprint density at radius 3 is 1.58 bits per heavy atom. The van der Waals surface area contributed by atoms with E-state index in [9.17, 15) is 8.42 Å². The Morgan fingerprint density at radius 2 is 1.42 bits per heavy atom. The molecule has 1 aromatic carbocycles. The minimum absolute atomic E-state index is 1.32. The monoisotopic (exact) mass is 410 g/mol. The minimum atomic E-state index is -2.73. The van der Waals surface area contributed by atoms with E-state index in [1.165, 1.54) is 48.0 Å². The highest BCUT2D eigenvalue weighted by Crippen LogP contribution is 2.08. The molecule has 0 amide bonds. The first-order chi connectivity index (χ1) is 5.39. The van der Waals surface area contributed by atoms with E-state index in [-0.39, 0.29) is 0 Å². The Hall–Kier alpha value is 0.630. The minimum Gasteiger partial charge on any atom is -0.208 e. The smallest absolute Gasteiger partial charge is 0.208 e. The highest BCUT2D eigenvalue weighted by Gasteiger charge is 1.86. The first kappa shape index (κ1) is 12.6. The van der Waals surface area contributed by atoms with Gasteiger partial charge in [-0.1, -0.05) is 35.9 Å². The average Bonchev–Trinajstić information content (AvgIpc) is 1.85. The van der Waals surface area contributed by atoms with Crippen LogP contribution in [0.3, 0.4) is 0 Å². The summed E-state index contributed by atoms with van der Waals surface area (Å²) in [7, 11) is 0. The summed E-state index contributed by atoms with van der Waals surface area (Å²) < 4.78 is 16.5. The molecule has 0 radical (unpaired) electrons. The first-order valence-electron chi connectivity index (χ1n) is 3.05. The van der Waals surface area contributed by atoms with Crippen LogP contribution in [0.2, 0.25) is 0 Å². The summed E-state index contributed by atoms with van der Waals surface area (Å²) in [6.07, 6.45) is 0. The van der Waals surface area contributed by atoms with Crippen LogP contribution in [0, 0.1) is 6.92 Å². The molecule has 1 rings (SSSR count). The predicted molar refractivity (Wildman–Crippen MR) is 68.1 cm³/mol. The molecule has 0 heterocycles. The number of aryl methyl sites for hydroxylation is 1. The Bertz CT molecular complexity index is 299. The number of benzene rings is 1. The fraction of sp³-hybridized carbons (Fsp3) is 0.143. The van der Waals surface area contributed by atoms with Crippen LogP contribution in [-0.4, -0.2) is 8.42 Å². The van der Waals surface area contributed by atoms with Crippen molar-refractivity contribution in [2.75, 3.05) is 0 Å². The van der Waals surface area contributed by atoms with E-state index in [0.717, 1.165) is 0 Å². The van der Waals surface area contributed by atoms with Gasteiger partial charge in [0.2, 0.25) is 0 Å². The van der Waals surface area contributed by atoms with Crippen molar-refractivity contribution in [1.29, 1.82) is 0 Å². The lowest BCUT2D eigenvalue weighted by Crippen LogP contribution is -1.62. The molecule has 0 bridgehead atoms. The lowest BCUT2D eigenvalue weighted by atomic mass is 10.2. The summed E-state index contributed by atoms with van der Waals surface area (Å²) in [4.78, 5) is 0. The topological polar surface area (TPSA) is 34.1 Å². The maximum absolute atomic E-state index is 9.61. The lowest BCUT2D eigenvalue weighted by Gasteiger charge is -1.82. The van der Waals surface area contributed by atoms with Crippen molar-refractivity contribution in [3.63, 3.8) is 0 Å². The second kappa shape index (κ2) is 6.14. The first-order valence-corrected chi connectivity index (χ1v) is 9.62. The summed E-state index contributed by atoms with van der Waals surface area (Å²) in [5.74, 6) is 0. The van der Waals surface area contributed by atoms with Gasteiger partial charge in [0, 0.05) is 0 Å². The molecule has 0 aliphatic carbocycles. The van der Waals surface area contributed by atoms with Crippen LogP contribution in [0.1, 0.15) is 5.56 Å². The largest absolute Gasteiger partial charge is 0.255 e. The molecule has 1 aromatic rings. The SMILES string of the molecule is Cc1ccccc1.O=S(=O)(I)I. The molecular formula is C7H8I2O2S. The summed E-state index contributed by atoms with van der Waals surface area (Å²) >= 11 is 2.67. The molecule has 68 valence electrons.